The highest BCUT2D eigenvalue weighted by Gasteiger charge is 2.44. The number of morpholine rings is 1. The fourth-order valence-electron chi connectivity index (χ4n) is 3.54. The maximum atomic E-state index is 5.95. The third kappa shape index (κ3) is 3.46. The number of ether oxygens (including phenoxy) is 3. The Morgan fingerprint density at radius 2 is 1.65 bits per heavy atom. The van der Waals surface area contributed by atoms with Gasteiger partial charge in [0.05, 0.1) is 18.1 Å². The average Bonchev–Trinajstić information content (AvgIpc) is 2.70. The van der Waals surface area contributed by atoms with E-state index in [1.165, 1.54) is 5.56 Å². The van der Waals surface area contributed by atoms with Gasteiger partial charge in [-0.3, -0.25) is 0 Å². The standard InChI is InChI=1S/C21H25NO3S/c1-16-8-7-11-18(19(16)17-9-5-4-6-10-17)20(26)21(23-2,24-3)22-12-14-25-15-13-22/h4-11H,12-15H2,1-3H3. The van der Waals surface area contributed by atoms with Gasteiger partial charge < -0.3 is 14.2 Å². The van der Waals surface area contributed by atoms with Crippen LogP contribution in [0.4, 0.5) is 0 Å². The molecule has 0 atom stereocenters. The van der Waals surface area contributed by atoms with Crippen molar-refractivity contribution < 1.29 is 14.2 Å². The van der Waals surface area contributed by atoms with Crippen LogP contribution in [-0.4, -0.2) is 56.2 Å². The molecule has 1 aliphatic rings. The third-order valence-electron chi connectivity index (χ3n) is 4.85. The quantitative estimate of drug-likeness (QED) is 0.439. The number of benzene rings is 2. The SMILES string of the molecule is COC(OC)(C(=S)c1cccc(C)c1-c1ccccc1)N1CCOCC1. The van der Waals surface area contributed by atoms with Crippen molar-refractivity contribution in [3.8, 4) is 11.1 Å². The normalized spacial score (nSPS) is 15.8. The van der Waals surface area contributed by atoms with Crippen molar-refractivity contribution >= 4 is 17.1 Å². The van der Waals surface area contributed by atoms with Gasteiger partial charge in [-0.25, -0.2) is 4.90 Å². The van der Waals surface area contributed by atoms with Gasteiger partial charge in [-0.2, -0.15) is 0 Å². The molecule has 0 aliphatic carbocycles. The van der Waals surface area contributed by atoms with E-state index >= 15 is 0 Å². The number of nitrogens with zero attached hydrogens (tertiary/aromatic N) is 1. The summed E-state index contributed by atoms with van der Waals surface area (Å²) in [6.07, 6.45) is 0. The van der Waals surface area contributed by atoms with Gasteiger partial charge in [-0.1, -0.05) is 60.7 Å². The topological polar surface area (TPSA) is 30.9 Å². The van der Waals surface area contributed by atoms with Gasteiger partial charge in [0.25, 0.3) is 5.91 Å². The predicted octanol–water partition coefficient (Wildman–Crippen LogP) is 3.66. The van der Waals surface area contributed by atoms with Crippen LogP contribution < -0.4 is 0 Å². The number of rotatable bonds is 6. The largest absolute Gasteiger partial charge is 0.379 e. The molecule has 0 N–H and O–H groups in total. The van der Waals surface area contributed by atoms with Gasteiger partial charge in [0, 0.05) is 32.9 Å². The van der Waals surface area contributed by atoms with E-state index in [1.807, 2.05) is 30.3 Å². The number of hydrogen-bond donors (Lipinski definition) is 0. The molecule has 1 saturated heterocycles. The molecule has 0 amide bonds. The number of methoxy groups -OCH3 is 2. The van der Waals surface area contributed by atoms with Gasteiger partial charge in [-0.05, 0) is 23.6 Å². The van der Waals surface area contributed by atoms with Crippen LogP contribution in [0, 0.1) is 6.92 Å². The van der Waals surface area contributed by atoms with Crippen LogP contribution in [-0.2, 0) is 14.2 Å². The van der Waals surface area contributed by atoms with Crippen LogP contribution in [0.25, 0.3) is 11.1 Å². The van der Waals surface area contributed by atoms with Gasteiger partial charge in [0.2, 0.25) is 0 Å². The van der Waals surface area contributed by atoms with Gasteiger partial charge >= 0.3 is 0 Å². The molecule has 0 spiro atoms. The van der Waals surface area contributed by atoms with Crippen molar-refractivity contribution in [2.75, 3.05) is 40.5 Å². The fraction of sp³-hybridized carbons (Fsp3) is 0.381. The molecule has 3 rings (SSSR count). The minimum Gasteiger partial charge on any atom is -0.379 e. The summed E-state index contributed by atoms with van der Waals surface area (Å²) in [5.41, 5.74) is 4.37. The highest BCUT2D eigenvalue weighted by Crippen LogP contribution is 2.33. The molecule has 0 aromatic heterocycles. The van der Waals surface area contributed by atoms with Crippen molar-refractivity contribution in [3.05, 3.63) is 59.7 Å². The molecule has 1 fully saturated rings. The van der Waals surface area contributed by atoms with Crippen molar-refractivity contribution in [1.82, 2.24) is 4.90 Å². The van der Waals surface area contributed by atoms with E-state index in [2.05, 4.69) is 30.0 Å². The van der Waals surface area contributed by atoms with Gasteiger partial charge in [0.15, 0.2) is 0 Å². The van der Waals surface area contributed by atoms with E-state index in [0.717, 1.165) is 16.7 Å². The first kappa shape index (κ1) is 19.1. The zero-order chi connectivity index (χ0) is 18.6. The highest BCUT2D eigenvalue weighted by molar-refractivity contribution is 7.81. The summed E-state index contributed by atoms with van der Waals surface area (Å²) >= 11 is 5.95. The van der Waals surface area contributed by atoms with Crippen LogP contribution in [0.1, 0.15) is 11.1 Å². The van der Waals surface area contributed by atoms with E-state index in [4.69, 9.17) is 26.4 Å². The Labute approximate surface area is 160 Å². The van der Waals surface area contributed by atoms with Crippen LogP contribution in [0.3, 0.4) is 0 Å². The Kier molecular flexibility index (Phi) is 6.16. The molecule has 1 aliphatic heterocycles. The van der Waals surface area contributed by atoms with Crippen LogP contribution >= 0.6 is 12.2 Å². The van der Waals surface area contributed by atoms with Crippen molar-refractivity contribution in [2.24, 2.45) is 0 Å². The zero-order valence-corrected chi connectivity index (χ0v) is 16.3. The van der Waals surface area contributed by atoms with Crippen LogP contribution in [0.5, 0.6) is 0 Å². The summed E-state index contributed by atoms with van der Waals surface area (Å²) < 4.78 is 17.2. The first-order chi connectivity index (χ1) is 12.6. The maximum Gasteiger partial charge on any atom is 0.269 e. The highest BCUT2D eigenvalue weighted by atomic mass is 32.1. The van der Waals surface area contributed by atoms with Crippen LogP contribution in [0.15, 0.2) is 48.5 Å². The molecular weight excluding hydrogens is 346 g/mol. The minimum atomic E-state index is -1.09. The summed E-state index contributed by atoms with van der Waals surface area (Å²) in [6, 6.07) is 16.5. The molecule has 2 aromatic carbocycles. The zero-order valence-electron chi connectivity index (χ0n) is 15.5. The lowest BCUT2D eigenvalue weighted by atomic mass is 9.92. The molecule has 0 radical (unpaired) electrons. The molecule has 1 heterocycles. The molecular formula is C21H25NO3S. The number of hydrogen-bond acceptors (Lipinski definition) is 5. The van der Waals surface area contributed by atoms with Gasteiger partial charge in [0.1, 0.15) is 0 Å². The second-order valence-electron chi connectivity index (χ2n) is 6.28. The van der Waals surface area contributed by atoms with E-state index in [1.54, 1.807) is 14.2 Å². The average molecular weight is 372 g/mol. The first-order valence-corrected chi connectivity index (χ1v) is 9.18. The fourth-order valence-corrected chi connectivity index (χ4v) is 4.01. The Morgan fingerprint density at radius 1 is 1.00 bits per heavy atom. The van der Waals surface area contributed by atoms with Crippen molar-refractivity contribution in [2.45, 2.75) is 12.8 Å². The second kappa shape index (κ2) is 8.37. The summed E-state index contributed by atoms with van der Waals surface area (Å²) in [5.74, 6) is -1.09. The molecule has 4 nitrogen and oxygen atoms in total. The lowest BCUT2D eigenvalue weighted by molar-refractivity contribution is -0.256. The molecule has 0 bridgehead atoms. The van der Waals surface area contributed by atoms with E-state index in [0.29, 0.717) is 31.2 Å². The summed E-state index contributed by atoms with van der Waals surface area (Å²) in [7, 11) is 3.28. The lowest BCUT2D eigenvalue weighted by Gasteiger charge is -2.43. The van der Waals surface area contributed by atoms with Crippen molar-refractivity contribution in [1.29, 1.82) is 0 Å². The third-order valence-corrected chi connectivity index (χ3v) is 5.33. The summed E-state index contributed by atoms with van der Waals surface area (Å²) in [5, 5.41) is 0. The van der Waals surface area contributed by atoms with Crippen LogP contribution in [0.2, 0.25) is 0 Å². The monoisotopic (exact) mass is 371 g/mol. The summed E-state index contributed by atoms with van der Waals surface area (Å²) in [4.78, 5) is 2.74. The van der Waals surface area contributed by atoms with Crippen molar-refractivity contribution in [3.63, 3.8) is 0 Å². The number of aryl methyl sites for hydroxylation is 1. The Balaban J connectivity index is 2.10. The number of thiocarbonyl (C=S) groups is 1. The Morgan fingerprint density at radius 3 is 2.27 bits per heavy atom. The molecule has 0 saturated carbocycles. The Hall–Kier alpha value is -1.63. The Bertz CT molecular complexity index is 753. The summed E-state index contributed by atoms with van der Waals surface area (Å²) in [6.45, 7) is 4.78. The maximum absolute atomic E-state index is 5.95. The molecule has 138 valence electrons. The minimum absolute atomic E-state index is 0.631. The molecule has 26 heavy (non-hydrogen) atoms. The lowest BCUT2D eigenvalue weighted by Crippen LogP contribution is -2.60. The smallest absolute Gasteiger partial charge is 0.269 e. The van der Waals surface area contributed by atoms with E-state index in [9.17, 15) is 0 Å². The molecule has 0 unspecified atom stereocenters. The van der Waals surface area contributed by atoms with E-state index < -0.39 is 5.91 Å². The van der Waals surface area contributed by atoms with Gasteiger partial charge in [-0.15, -0.1) is 0 Å². The molecule has 5 heteroatoms. The first-order valence-electron chi connectivity index (χ1n) is 8.77. The molecule has 2 aromatic rings. The predicted molar refractivity (Wildman–Crippen MR) is 107 cm³/mol. The van der Waals surface area contributed by atoms with E-state index in [-0.39, 0.29) is 0 Å². The second-order valence-corrected chi connectivity index (χ2v) is 6.69.